The van der Waals surface area contributed by atoms with Crippen LogP contribution in [-0.4, -0.2) is 28.1 Å². The summed E-state index contributed by atoms with van der Waals surface area (Å²) in [5, 5.41) is 6.11. The van der Waals surface area contributed by atoms with Crippen molar-refractivity contribution < 1.29 is 18.6 Å². The number of nitrogens with one attached hydrogen (secondary N) is 2. The van der Waals surface area contributed by atoms with Gasteiger partial charge in [0.25, 0.3) is 0 Å². The zero-order chi connectivity index (χ0) is 18.2. The molecule has 0 saturated carbocycles. The zero-order valence-corrected chi connectivity index (χ0v) is 14.6. The lowest BCUT2D eigenvalue weighted by atomic mass is 10.2. The third kappa shape index (κ3) is 3.49. The van der Waals surface area contributed by atoms with E-state index in [1.807, 2.05) is 0 Å². The van der Waals surface area contributed by atoms with E-state index in [0.717, 1.165) is 0 Å². The van der Waals surface area contributed by atoms with E-state index in [2.05, 4.69) is 15.0 Å². The molecule has 132 valence electrons. The number of ether oxygens (including phenoxy) is 1. The van der Waals surface area contributed by atoms with Crippen molar-refractivity contribution >= 4 is 45.6 Å². The summed E-state index contributed by atoms with van der Waals surface area (Å²) >= 11 is 5.98. The van der Waals surface area contributed by atoms with E-state index in [-0.39, 0.29) is 15.9 Å². The van der Waals surface area contributed by atoms with Gasteiger partial charge in [-0.15, -0.1) is 4.40 Å². The molecule has 0 bridgehead atoms. The average Bonchev–Trinajstić information content (AvgIpc) is 2.54. The minimum absolute atomic E-state index is 0.0785. The molecule has 0 radical (unpaired) electrons. The molecule has 1 heterocycles. The van der Waals surface area contributed by atoms with Gasteiger partial charge in [-0.2, -0.15) is 0 Å². The first kappa shape index (κ1) is 17.4. The van der Waals surface area contributed by atoms with Crippen molar-refractivity contribution in [3.05, 3.63) is 47.0 Å². The average molecular weight is 383 g/mol. The maximum absolute atomic E-state index is 11.3. The highest BCUT2D eigenvalue weighted by atomic mass is 35.5. The van der Waals surface area contributed by atoms with Crippen LogP contribution < -0.4 is 21.1 Å². The van der Waals surface area contributed by atoms with Crippen molar-refractivity contribution in [1.82, 2.24) is 0 Å². The minimum Gasteiger partial charge on any atom is -0.494 e. The second-order valence-corrected chi connectivity index (χ2v) is 7.23. The zero-order valence-electron chi connectivity index (χ0n) is 13.0. The van der Waals surface area contributed by atoms with Crippen molar-refractivity contribution in [2.24, 2.45) is 10.1 Å². The van der Waals surface area contributed by atoms with Gasteiger partial charge in [-0.1, -0.05) is 28.4 Å². The number of carbonyl (C=O) groups is 1. The molecule has 1 aliphatic heterocycles. The number of amides is 1. The first-order valence-electron chi connectivity index (χ1n) is 7.00. The fraction of sp³-hybridized carbons (Fsp3) is 0.0667. The van der Waals surface area contributed by atoms with Crippen molar-refractivity contribution in [3.8, 4) is 5.75 Å². The molecule has 0 unspecified atom stereocenters. The summed E-state index contributed by atoms with van der Waals surface area (Å²) in [6.45, 7) is 0. The van der Waals surface area contributed by atoms with Crippen LogP contribution in [0.3, 0.4) is 0 Å². The van der Waals surface area contributed by atoms with E-state index in [0.29, 0.717) is 22.7 Å². The Kier molecular flexibility index (Phi) is 4.48. The summed E-state index contributed by atoms with van der Waals surface area (Å²) in [4.78, 5) is 11.4. The Labute approximate surface area is 150 Å². The molecule has 8 nitrogen and oxygen atoms in total. The molecule has 2 aromatic rings. The Bertz CT molecular complexity index is 888. The molecule has 0 saturated heterocycles. The number of fused-ring (bicyclic) bond motifs is 1. The number of hydrogen-bond acceptors (Lipinski definition) is 7. The van der Waals surface area contributed by atoms with Gasteiger partial charge >= 0.3 is 0 Å². The predicted molar refractivity (Wildman–Crippen MR) is 98.8 cm³/mol. The van der Waals surface area contributed by atoms with Crippen molar-refractivity contribution in [2.75, 3.05) is 17.7 Å². The first-order valence-corrected chi connectivity index (χ1v) is 8.88. The van der Waals surface area contributed by atoms with Gasteiger partial charge in [0.2, 0.25) is 11.9 Å². The van der Waals surface area contributed by atoms with E-state index >= 15 is 0 Å². The smallest absolute Gasteiger partial charge is 0.248 e. The van der Waals surface area contributed by atoms with Gasteiger partial charge in [0.1, 0.15) is 16.3 Å². The molecule has 2 aromatic carbocycles. The summed E-state index contributed by atoms with van der Waals surface area (Å²) in [6, 6.07) is 9.36. The van der Waals surface area contributed by atoms with E-state index in [9.17, 15) is 13.9 Å². The largest absolute Gasteiger partial charge is 0.494 e. The Morgan fingerprint density at radius 3 is 2.80 bits per heavy atom. The number of anilines is 2. The SMILES string of the molecule is COc1cc(Cl)cc2c1NC(Nc1cccc(C(N)=O)c1)=NS2(O)O. The lowest BCUT2D eigenvalue weighted by Gasteiger charge is -2.34. The van der Waals surface area contributed by atoms with Crippen LogP contribution in [0.15, 0.2) is 45.7 Å². The van der Waals surface area contributed by atoms with Gasteiger partial charge in [-0.25, -0.2) is 0 Å². The van der Waals surface area contributed by atoms with Gasteiger partial charge in [0, 0.05) is 22.3 Å². The van der Waals surface area contributed by atoms with Crippen LogP contribution in [0.25, 0.3) is 0 Å². The Hall–Kier alpha value is -2.46. The van der Waals surface area contributed by atoms with E-state index in [4.69, 9.17) is 22.1 Å². The Morgan fingerprint density at radius 1 is 1.36 bits per heavy atom. The van der Waals surface area contributed by atoms with Gasteiger partial charge in [-0.05, 0) is 24.3 Å². The van der Waals surface area contributed by atoms with Gasteiger partial charge in [0.05, 0.1) is 7.11 Å². The second kappa shape index (κ2) is 6.45. The molecule has 3 rings (SSSR count). The van der Waals surface area contributed by atoms with Crippen LogP contribution in [0.5, 0.6) is 5.75 Å². The highest BCUT2D eigenvalue weighted by Crippen LogP contribution is 2.57. The number of nitrogens with zero attached hydrogens (tertiary/aromatic N) is 1. The van der Waals surface area contributed by atoms with E-state index in [1.54, 1.807) is 24.3 Å². The third-order valence-electron chi connectivity index (χ3n) is 3.42. The summed E-state index contributed by atoms with van der Waals surface area (Å²) in [5.74, 6) is -0.162. The summed E-state index contributed by atoms with van der Waals surface area (Å²) < 4.78 is 29.8. The van der Waals surface area contributed by atoms with Gasteiger partial charge < -0.3 is 21.1 Å². The number of nitrogens with two attached hydrogens (primary N) is 1. The topological polar surface area (TPSA) is 129 Å². The Morgan fingerprint density at radius 2 is 2.12 bits per heavy atom. The molecule has 0 fully saturated rings. The summed E-state index contributed by atoms with van der Waals surface area (Å²) in [6.07, 6.45) is 0. The number of halogens is 1. The van der Waals surface area contributed by atoms with Crippen LogP contribution in [-0.2, 0) is 0 Å². The number of methoxy groups -OCH3 is 1. The summed E-state index contributed by atoms with van der Waals surface area (Å²) in [7, 11) is -2.05. The number of rotatable bonds is 3. The lowest BCUT2D eigenvalue weighted by molar-refractivity contribution is 0.100. The molecule has 1 amide bonds. The van der Waals surface area contributed by atoms with Crippen LogP contribution in [0.4, 0.5) is 11.4 Å². The van der Waals surface area contributed by atoms with Crippen molar-refractivity contribution in [1.29, 1.82) is 0 Å². The fourth-order valence-electron chi connectivity index (χ4n) is 2.32. The van der Waals surface area contributed by atoms with Crippen LogP contribution in [0, 0.1) is 0 Å². The van der Waals surface area contributed by atoms with Gasteiger partial charge in [-0.3, -0.25) is 13.9 Å². The molecule has 0 spiro atoms. The second-order valence-electron chi connectivity index (χ2n) is 5.13. The predicted octanol–water partition coefficient (Wildman–Crippen LogP) is 3.37. The molecule has 25 heavy (non-hydrogen) atoms. The number of guanidine groups is 1. The molecule has 0 aliphatic carbocycles. The normalized spacial score (nSPS) is 16.1. The van der Waals surface area contributed by atoms with Crippen LogP contribution in [0.2, 0.25) is 5.02 Å². The first-order chi connectivity index (χ1) is 11.8. The molecule has 0 aromatic heterocycles. The minimum atomic E-state index is -3.49. The maximum Gasteiger partial charge on any atom is 0.248 e. The monoisotopic (exact) mass is 382 g/mol. The third-order valence-corrected chi connectivity index (χ3v) is 4.98. The number of hydrogen-bond donors (Lipinski definition) is 5. The molecular weight excluding hydrogens is 368 g/mol. The quantitative estimate of drug-likeness (QED) is 0.553. The van der Waals surface area contributed by atoms with E-state index in [1.165, 1.54) is 19.2 Å². The highest BCUT2D eigenvalue weighted by Gasteiger charge is 2.29. The standard InChI is InChI=1S/C15H15ClN4O4S/c1-24-11-6-9(16)7-12-13(11)19-15(20-25(12,22)23)18-10-4-2-3-8(5-10)14(17)21/h2-7,22-23H,1H3,(H2,17,21)(H2,18,19,20). The molecular formula is C15H15ClN4O4S. The van der Waals surface area contributed by atoms with Crippen molar-refractivity contribution in [3.63, 3.8) is 0 Å². The Balaban J connectivity index is 1.97. The summed E-state index contributed by atoms with van der Waals surface area (Å²) in [5.41, 5.74) is 6.40. The van der Waals surface area contributed by atoms with Crippen molar-refractivity contribution in [2.45, 2.75) is 4.90 Å². The number of primary amides is 1. The molecule has 1 aliphatic rings. The lowest BCUT2D eigenvalue weighted by Crippen LogP contribution is -2.27. The van der Waals surface area contributed by atoms with Gasteiger partial charge in [0.15, 0.2) is 0 Å². The van der Waals surface area contributed by atoms with E-state index < -0.39 is 16.7 Å². The van der Waals surface area contributed by atoms with Crippen LogP contribution >= 0.6 is 22.4 Å². The molecule has 6 N–H and O–H groups in total. The van der Waals surface area contributed by atoms with Crippen LogP contribution in [0.1, 0.15) is 10.4 Å². The molecule has 10 heteroatoms. The fourth-order valence-corrected chi connectivity index (χ4v) is 3.74. The molecule has 0 atom stereocenters. The highest BCUT2D eigenvalue weighted by molar-refractivity contribution is 8.23. The maximum atomic E-state index is 11.3. The number of carbonyl (C=O) groups excluding carboxylic acids is 1. The number of benzene rings is 2.